The van der Waals surface area contributed by atoms with Gasteiger partial charge in [-0.3, -0.25) is 9.59 Å². The predicted octanol–water partition coefficient (Wildman–Crippen LogP) is 2.78. The largest absolute Gasteiger partial charge is 0.365 e. The van der Waals surface area contributed by atoms with Crippen LogP contribution < -0.4 is 11.2 Å². The number of pyridine rings is 1. The van der Waals surface area contributed by atoms with E-state index in [2.05, 4.69) is 0 Å². The van der Waals surface area contributed by atoms with Gasteiger partial charge < -0.3 is 15.1 Å². The van der Waals surface area contributed by atoms with Crippen molar-refractivity contribution in [3.05, 3.63) is 76.1 Å². The summed E-state index contributed by atoms with van der Waals surface area (Å²) in [7, 11) is 0. The number of primary amides is 1. The van der Waals surface area contributed by atoms with Crippen LogP contribution >= 0.6 is 0 Å². The fourth-order valence-corrected chi connectivity index (χ4v) is 2.91. The summed E-state index contributed by atoms with van der Waals surface area (Å²) >= 11 is 0. The second kappa shape index (κ2) is 6.73. The van der Waals surface area contributed by atoms with Crippen molar-refractivity contribution in [3.63, 3.8) is 0 Å². The third-order valence-corrected chi connectivity index (χ3v) is 4.37. The number of para-hydroxylation sites is 1. The van der Waals surface area contributed by atoms with E-state index in [0.717, 1.165) is 17.5 Å². The molecule has 5 nitrogen and oxygen atoms in total. The van der Waals surface area contributed by atoms with Crippen molar-refractivity contribution in [1.82, 2.24) is 4.57 Å². The minimum absolute atomic E-state index is 0.0444. The number of aldehydes is 1. The maximum atomic E-state index is 12.4. The molecular formula is C20H18N2O3. The van der Waals surface area contributed by atoms with E-state index in [4.69, 9.17) is 5.73 Å². The molecule has 25 heavy (non-hydrogen) atoms. The number of rotatable bonds is 5. The van der Waals surface area contributed by atoms with Gasteiger partial charge in [-0.2, -0.15) is 0 Å². The van der Waals surface area contributed by atoms with Gasteiger partial charge in [0.05, 0.1) is 5.52 Å². The first-order valence-corrected chi connectivity index (χ1v) is 8.01. The van der Waals surface area contributed by atoms with Gasteiger partial charge in [0.25, 0.3) is 5.91 Å². The lowest BCUT2D eigenvalue weighted by Gasteiger charge is -2.14. The minimum atomic E-state index is -0.749. The zero-order valence-electron chi connectivity index (χ0n) is 13.8. The molecule has 0 aliphatic heterocycles. The Hall–Kier alpha value is -3.21. The molecule has 0 saturated heterocycles. The van der Waals surface area contributed by atoms with Crippen molar-refractivity contribution < 1.29 is 9.59 Å². The molecule has 2 N–H and O–H groups in total. The lowest BCUT2D eigenvalue weighted by molar-refractivity contribution is -0.108. The first-order chi connectivity index (χ1) is 12.0. The summed E-state index contributed by atoms with van der Waals surface area (Å²) in [5.41, 5.74) is 7.51. The van der Waals surface area contributed by atoms with Crippen LogP contribution in [0.4, 0.5) is 0 Å². The zero-order valence-corrected chi connectivity index (χ0v) is 13.8. The Morgan fingerprint density at radius 1 is 1.16 bits per heavy atom. The number of amides is 1. The molecule has 1 aromatic heterocycles. The van der Waals surface area contributed by atoms with Crippen LogP contribution in [0, 0.1) is 0 Å². The molecule has 3 rings (SSSR count). The number of nitrogens with zero attached hydrogens (tertiary/aromatic N) is 1. The highest BCUT2D eigenvalue weighted by atomic mass is 16.2. The Bertz CT molecular complexity index is 1000. The average molecular weight is 334 g/mol. The molecule has 0 saturated carbocycles. The lowest BCUT2D eigenvalue weighted by atomic mass is 9.98. The second-order valence-electron chi connectivity index (χ2n) is 6.02. The number of carbonyl (C=O) groups is 2. The van der Waals surface area contributed by atoms with E-state index in [1.54, 1.807) is 16.7 Å². The number of aromatic nitrogens is 1. The van der Waals surface area contributed by atoms with E-state index in [9.17, 15) is 14.4 Å². The normalized spacial score (nSPS) is 12.0. The molecular weight excluding hydrogens is 316 g/mol. The predicted molar refractivity (Wildman–Crippen MR) is 97.2 cm³/mol. The maximum Gasteiger partial charge on any atom is 0.254 e. The number of hydrogen-bond donors (Lipinski definition) is 1. The van der Waals surface area contributed by atoms with Gasteiger partial charge in [0, 0.05) is 23.7 Å². The topological polar surface area (TPSA) is 82.2 Å². The van der Waals surface area contributed by atoms with Crippen molar-refractivity contribution in [2.24, 2.45) is 5.73 Å². The summed E-state index contributed by atoms with van der Waals surface area (Å²) < 4.78 is 1.78. The average Bonchev–Trinajstić information content (AvgIpc) is 2.62. The minimum Gasteiger partial charge on any atom is -0.365 e. The third kappa shape index (κ3) is 3.08. The molecule has 0 aliphatic carbocycles. The van der Waals surface area contributed by atoms with Crippen molar-refractivity contribution in [1.29, 1.82) is 0 Å². The Morgan fingerprint density at radius 2 is 1.84 bits per heavy atom. The van der Waals surface area contributed by atoms with E-state index in [-0.39, 0.29) is 16.9 Å². The van der Waals surface area contributed by atoms with Gasteiger partial charge in [-0.15, -0.1) is 0 Å². The molecule has 2 aromatic carbocycles. The van der Waals surface area contributed by atoms with Crippen LogP contribution in [0.15, 0.2) is 59.5 Å². The monoisotopic (exact) mass is 334 g/mol. The molecule has 5 heteroatoms. The second-order valence-corrected chi connectivity index (χ2v) is 6.02. The Labute approximate surface area is 144 Å². The van der Waals surface area contributed by atoms with Gasteiger partial charge in [0.2, 0.25) is 5.43 Å². The summed E-state index contributed by atoms with van der Waals surface area (Å²) in [6.45, 7) is 1.99. The first-order valence-electron chi connectivity index (χ1n) is 8.01. The molecule has 1 heterocycles. The standard InChI is InChI=1S/C20H18N2O3/c1-13(10-11-23)14-6-8-15(9-7-14)22-12-17(20(21)25)19(24)16-4-2-3-5-18(16)22/h2-9,11-13H,10H2,1H3,(H2,21,25). The van der Waals surface area contributed by atoms with Crippen molar-refractivity contribution in [2.75, 3.05) is 0 Å². The highest BCUT2D eigenvalue weighted by Gasteiger charge is 2.14. The molecule has 0 radical (unpaired) electrons. The number of fused-ring (bicyclic) bond motifs is 1. The van der Waals surface area contributed by atoms with Crippen LogP contribution in [0.25, 0.3) is 16.6 Å². The molecule has 1 amide bonds. The van der Waals surface area contributed by atoms with Crippen LogP contribution in [0.5, 0.6) is 0 Å². The number of benzene rings is 2. The number of nitrogens with two attached hydrogens (primary N) is 1. The molecule has 0 spiro atoms. The number of hydrogen-bond acceptors (Lipinski definition) is 3. The molecule has 0 fully saturated rings. The van der Waals surface area contributed by atoms with Crippen molar-refractivity contribution in [3.8, 4) is 5.69 Å². The Balaban J connectivity index is 2.18. The maximum absolute atomic E-state index is 12.4. The molecule has 3 aromatic rings. The SMILES string of the molecule is CC(CC=O)c1ccc(-n2cc(C(N)=O)c(=O)c3ccccc32)cc1. The summed E-state index contributed by atoms with van der Waals surface area (Å²) in [6, 6.07) is 14.8. The third-order valence-electron chi connectivity index (χ3n) is 4.37. The van der Waals surface area contributed by atoms with Gasteiger partial charge in [-0.05, 0) is 35.7 Å². The van der Waals surface area contributed by atoms with Crippen molar-refractivity contribution >= 4 is 23.1 Å². The molecule has 0 aliphatic rings. The van der Waals surface area contributed by atoms with Gasteiger partial charge in [0.1, 0.15) is 11.8 Å². The van der Waals surface area contributed by atoms with Crippen molar-refractivity contribution in [2.45, 2.75) is 19.3 Å². The van der Waals surface area contributed by atoms with Crippen LogP contribution in [-0.2, 0) is 4.79 Å². The lowest BCUT2D eigenvalue weighted by Crippen LogP contribution is -2.23. The Kier molecular flexibility index (Phi) is 4.48. The quantitative estimate of drug-likeness (QED) is 0.728. The molecule has 1 atom stereocenters. The number of carbonyl (C=O) groups excluding carboxylic acids is 2. The summed E-state index contributed by atoms with van der Waals surface area (Å²) in [5.74, 6) is -0.612. The van der Waals surface area contributed by atoms with Gasteiger partial charge in [0.15, 0.2) is 0 Å². The fraction of sp³-hybridized carbons (Fsp3) is 0.150. The summed E-state index contributed by atoms with van der Waals surface area (Å²) in [6.07, 6.45) is 2.86. The molecule has 0 bridgehead atoms. The summed E-state index contributed by atoms with van der Waals surface area (Å²) in [4.78, 5) is 34.7. The van der Waals surface area contributed by atoms with Gasteiger partial charge >= 0.3 is 0 Å². The molecule has 1 unspecified atom stereocenters. The van der Waals surface area contributed by atoms with Gasteiger partial charge in [-0.25, -0.2) is 0 Å². The fourth-order valence-electron chi connectivity index (χ4n) is 2.91. The summed E-state index contributed by atoms with van der Waals surface area (Å²) in [5, 5.41) is 0.442. The Morgan fingerprint density at radius 3 is 2.48 bits per heavy atom. The first kappa shape index (κ1) is 16.6. The zero-order chi connectivity index (χ0) is 18.0. The highest BCUT2D eigenvalue weighted by Crippen LogP contribution is 2.22. The smallest absolute Gasteiger partial charge is 0.254 e. The van der Waals surface area contributed by atoms with E-state index in [1.165, 1.54) is 6.20 Å². The molecule has 126 valence electrons. The van der Waals surface area contributed by atoms with E-state index < -0.39 is 5.91 Å². The highest BCUT2D eigenvalue weighted by molar-refractivity contribution is 5.96. The van der Waals surface area contributed by atoms with Crippen LogP contribution in [-0.4, -0.2) is 16.8 Å². The van der Waals surface area contributed by atoms with E-state index in [1.807, 2.05) is 43.3 Å². The van der Waals surface area contributed by atoms with Crippen LogP contribution in [0.2, 0.25) is 0 Å². The van der Waals surface area contributed by atoms with E-state index >= 15 is 0 Å². The van der Waals surface area contributed by atoms with Crippen LogP contribution in [0.3, 0.4) is 0 Å². The van der Waals surface area contributed by atoms with E-state index in [0.29, 0.717) is 17.3 Å². The van der Waals surface area contributed by atoms with Crippen LogP contribution in [0.1, 0.15) is 35.2 Å². The van der Waals surface area contributed by atoms with Gasteiger partial charge in [-0.1, -0.05) is 31.2 Å².